The molecule has 0 unspecified atom stereocenters. The standard InChI is InChI=1S/C13H9NO5/c15-12-4-1-8(6-17-12)13(16)14-9-2-3-10-11(5-9)19-7-18-10/h1-6H,7H2,(H,14,16). The minimum Gasteiger partial charge on any atom is -0.454 e. The third-order valence-corrected chi connectivity index (χ3v) is 2.59. The number of anilines is 1. The Morgan fingerprint density at radius 3 is 2.74 bits per heavy atom. The molecule has 2 aromatic rings. The van der Waals surface area contributed by atoms with Crippen molar-refractivity contribution in [3.05, 3.63) is 52.6 Å². The van der Waals surface area contributed by atoms with Crippen LogP contribution in [0.3, 0.4) is 0 Å². The second-order valence-electron chi connectivity index (χ2n) is 3.87. The normalized spacial score (nSPS) is 12.2. The second kappa shape index (κ2) is 4.49. The maximum atomic E-state index is 11.9. The lowest BCUT2D eigenvalue weighted by molar-refractivity contribution is 0.102. The molecule has 6 nitrogen and oxygen atoms in total. The van der Waals surface area contributed by atoms with E-state index in [4.69, 9.17) is 9.47 Å². The molecule has 0 atom stereocenters. The number of rotatable bonds is 2. The number of hydrogen-bond acceptors (Lipinski definition) is 5. The van der Waals surface area contributed by atoms with Crippen LogP contribution in [0.15, 0.2) is 45.8 Å². The van der Waals surface area contributed by atoms with Crippen LogP contribution in [0.5, 0.6) is 11.5 Å². The summed E-state index contributed by atoms with van der Waals surface area (Å²) in [5.41, 5.74) is 0.331. The Hall–Kier alpha value is -2.76. The van der Waals surface area contributed by atoms with Crippen LogP contribution >= 0.6 is 0 Å². The van der Waals surface area contributed by atoms with Gasteiger partial charge in [-0.2, -0.15) is 0 Å². The molecule has 1 amide bonds. The average molecular weight is 259 g/mol. The van der Waals surface area contributed by atoms with E-state index in [-0.39, 0.29) is 18.3 Å². The SMILES string of the molecule is O=C(Nc1ccc2c(c1)OCO2)c1ccc(=O)oc1. The van der Waals surface area contributed by atoms with Crippen molar-refractivity contribution in [1.29, 1.82) is 0 Å². The quantitative estimate of drug-likeness (QED) is 0.886. The molecule has 0 bridgehead atoms. The van der Waals surface area contributed by atoms with Gasteiger partial charge in [0.1, 0.15) is 6.26 Å². The van der Waals surface area contributed by atoms with Crippen LogP contribution in [0.4, 0.5) is 5.69 Å². The first kappa shape index (κ1) is 11.3. The second-order valence-corrected chi connectivity index (χ2v) is 3.87. The van der Waals surface area contributed by atoms with Gasteiger partial charge in [-0.15, -0.1) is 0 Å². The van der Waals surface area contributed by atoms with E-state index in [1.54, 1.807) is 18.2 Å². The monoisotopic (exact) mass is 259 g/mol. The van der Waals surface area contributed by atoms with Gasteiger partial charge in [-0.1, -0.05) is 0 Å². The molecular formula is C13H9NO5. The number of hydrogen-bond donors (Lipinski definition) is 1. The molecule has 1 aromatic carbocycles. The van der Waals surface area contributed by atoms with Crippen molar-refractivity contribution in [1.82, 2.24) is 0 Å². The molecule has 0 aliphatic carbocycles. The van der Waals surface area contributed by atoms with Gasteiger partial charge in [-0.05, 0) is 18.2 Å². The van der Waals surface area contributed by atoms with E-state index in [9.17, 15) is 9.59 Å². The first-order valence-electron chi connectivity index (χ1n) is 5.52. The van der Waals surface area contributed by atoms with Crippen LogP contribution in [0.2, 0.25) is 0 Å². The van der Waals surface area contributed by atoms with Crippen molar-refractivity contribution in [3.63, 3.8) is 0 Å². The van der Waals surface area contributed by atoms with Crippen LogP contribution < -0.4 is 20.4 Å². The predicted molar refractivity (Wildman–Crippen MR) is 65.5 cm³/mol. The Labute approximate surface area is 107 Å². The van der Waals surface area contributed by atoms with Gasteiger partial charge in [0.2, 0.25) is 6.79 Å². The summed E-state index contributed by atoms with van der Waals surface area (Å²) in [6.07, 6.45) is 1.12. The summed E-state index contributed by atoms with van der Waals surface area (Å²) in [6.45, 7) is 0.177. The summed E-state index contributed by atoms with van der Waals surface area (Å²) >= 11 is 0. The van der Waals surface area contributed by atoms with Crippen LogP contribution in [0.1, 0.15) is 10.4 Å². The molecule has 96 valence electrons. The largest absolute Gasteiger partial charge is 0.454 e. The molecule has 0 fully saturated rings. The highest BCUT2D eigenvalue weighted by molar-refractivity contribution is 6.04. The first-order valence-corrected chi connectivity index (χ1v) is 5.52. The highest BCUT2D eigenvalue weighted by atomic mass is 16.7. The van der Waals surface area contributed by atoms with Gasteiger partial charge >= 0.3 is 5.63 Å². The van der Waals surface area contributed by atoms with Gasteiger partial charge in [-0.25, -0.2) is 4.79 Å². The number of amides is 1. The predicted octanol–water partition coefficient (Wildman–Crippen LogP) is 1.62. The highest BCUT2D eigenvalue weighted by Crippen LogP contribution is 2.34. The molecule has 1 aromatic heterocycles. The van der Waals surface area contributed by atoms with Crippen molar-refractivity contribution in [2.24, 2.45) is 0 Å². The maximum absolute atomic E-state index is 11.9. The molecule has 1 N–H and O–H groups in total. The Morgan fingerprint density at radius 1 is 1.11 bits per heavy atom. The molecule has 3 rings (SSSR count). The molecule has 1 aliphatic heterocycles. The highest BCUT2D eigenvalue weighted by Gasteiger charge is 2.14. The fourth-order valence-electron chi connectivity index (χ4n) is 1.66. The lowest BCUT2D eigenvalue weighted by atomic mass is 10.2. The van der Waals surface area contributed by atoms with E-state index in [1.807, 2.05) is 0 Å². The van der Waals surface area contributed by atoms with Gasteiger partial charge in [0.05, 0.1) is 5.56 Å². The molecule has 0 radical (unpaired) electrons. The summed E-state index contributed by atoms with van der Waals surface area (Å²) in [5.74, 6) is 0.851. The van der Waals surface area contributed by atoms with Crippen LogP contribution in [-0.4, -0.2) is 12.7 Å². The van der Waals surface area contributed by atoms with Crippen molar-refractivity contribution >= 4 is 11.6 Å². The van der Waals surface area contributed by atoms with Gasteiger partial charge < -0.3 is 19.2 Å². The first-order chi connectivity index (χ1) is 9.22. The van der Waals surface area contributed by atoms with Crippen LogP contribution in [0.25, 0.3) is 0 Å². The lowest BCUT2D eigenvalue weighted by Gasteiger charge is -2.05. The van der Waals surface area contributed by atoms with Crippen molar-refractivity contribution < 1.29 is 18.7 Å². The fraction of sp³-hybridized carbons (Fsp3) is 0.0769. The van der Waals surface area contributed by atoms with Crippen molar-refractivity contribution in [2.75, 3.05) is 12.1 Å². The molecule has 0 saturated carbocycles. The van der Waals surface area contributed by atoms with E-state index in [0.717, 1.165) is 6.26 Å². The summed E-state index contributed by atoms with van der Waals surface area (Å²) in [4.78, 5) is 22.7. The fourth-order valence-corrected chi connectivity index (χ4v) is 1.66. The number of nitrogens with one attached hydrogen (secondary N) is 1. The summed E-state index contributed by atoms with van der Waals surface area (Å²) in [6, 6.07) is 7.66. The van der Waals surface area contributed by atoms with E-state index in [1.165, 1.54) is 12.1 Å². The Balaban J connectivity index is 1.79. The van der Waals surface area contributed by atoms with Crippen LogP contribution in [-0.2, 0) is 0 Å². The topological polar surface area (TPSA) is 77.8 Å². The third-order valence-electron chi connectivity index (χ3n) is 2.59. The van der Waals surface area contributed by atoms with E-state index >= 15 is 0 Å². The number of carbonyl (C=O) groups excluding carboxylic acids is 1. The molecule has 2 heterocycles. The molecule has 0 spiro atoms. The lowest BCUT2D eigenvalue weighted by Crippen LogP contribution is -2.12. The van der Waals surface area contributed by atoms with Gasteiger partial charge in [0.15, 0.2) is 11.5 Å². The molecule has 1 aliphatic rings. The van der Waals surface area contributed by atoms with E-state index in [0.29, 0.717) is 17.2 Å². The zero-order chi connectivity index (χ0) is 13.2. The van der Waals surface area contributed by atoms with Gasteiger partial charge in [-0.3, -0.25) is 4.79 Å². The van der Waals surface area contributed by atoms with Gasteiger partial charge in [0.25, 0.3) is 5.91 Å². The summed E-state index contributed by atoms with van der Waals surface area (Å²) in [7, 11) is 0. The van der Waals surface area contributed by atoms with E-state index in [2.05, 4.69) is 9.73 Å². The molecular weight excluding hydrogens is 250 g/mol. The number of carbonyl (C=O) groups is 1. The number of benzene rings is 1. The Morgan fingerprint density at radius 2 is 1.95 bits per heavy atom. The van der Waals surface area contributed by atoms with Crippen molar-refractivity contribution in [2.45, 2.75) is 0 Å². The maximum Gasteiger partial charge on any atom is 0.335 e. The summed E-state index contributed by atoms with van der Waals surface area (Å²) < 4.78 is 15.0. The third kappa shape index (κ3) is 2.28. The average Bonchev–Trinajstić information content (AvgIpc) is 2.87. The molecule has 0 saturated heterocycles. The smallest absolute Gasteiger partial charge is 0.335 e. The Bertz CT molecular complexity index is 671. The van der Waals surface area contributed by atoms with Gasteiger partial charge in [0, 0.05) is 17.8 Å². The minimum atomic E-state index is -0.500. The van der Waals surface area contributed by atoms with Crippen molar-refractivity contribution in [3.8, 4) is 11.5 Å². The Kier molecular flexibility index (Phi) is 2.68. The molecule has 6 heteroatoms. The molecule has 19 heavy (non-hydrogen) atoms. The zero-order valence-corrected chi connectivity index (χ0v) is 9.71. The summed E-state index contributed by atoms with van der Waals surface area (Å²) in [5, 5.41) is 2.67. The zero-order valence-electron chi connectivity index (χ0n) is 9.71. The number of ether oxygens (including phenoxy) is 2. The minimum absolute atomic E-state index is 0.177. The van der Waals surface area contributed by atoms with Crippen LogP contribution in [0, 0.1) is 0 Å². The number of fused-ring (bicyclic) bond motifs is 1. The van der Waals surface area contributed by atoms with E-state index < -0.39 is 5.63 Å².